The molecule has 94 valence electrons. The first-order chi connectivity index (χ1) is 8.83. The van der Waals surface area contributed by atoms with E-state index in [1.165, 1.54) is 0 Å². The SMILES string of the molecule is Cc1nnc(C2CCN(c3ncccn3)CC2)o1. The molecule has 0 radical (unpaired) electrons. The summed E-state index contributed by atoms with van der Waals surface area (Å²) in [5.41, 5.74) is 0. The number of aryl methyl sites for hydroxylation is 1. The number of hydrogen-bond acceptors (Lipinski definition) is 6. The van der Waals surface area contributed by atoms with E-state index < -0.39 is 0 Å². The van der Waals surface area contributed by atoms with Crippen molar-refractivity contribution < 1.29 is 4.42 Å². The number of nitrogens with zero attached hydrogens (tertiary/aromatic N) is 5. The highest BCUT2D eigenvalue weighted by Gasteiger charge is 2.25. The van der Waals surface area contributed by atoms with Gasteiger partial charge >= 0.3 is 0 Å². The van der Waals surface area contributed by atoms with Crippen molar-refractivity contribution in [2.75, 3.05) is 18.0 Å². The van der Waals surface area contributed by atoms with Crippen molar-refractivity contribution in [2.45, 2.75) is 25.7 Å². The third kappa shape index (κ3) is 2.18. The van der Waals surface area contributed by atoms with Crippen LogP contribution in [0.15, 0.2) is 22.9 Å². The Morgan fingerprint density at radius 2 is 1.89 bits per heavy atom. The Balaban J connectivity index is 1.65. The molecule has 0 N–H and O–H groups in total. The summed E-state index contributed by atoms with van der Waals surface area (Å²) >= 11 is 0. The van der Waals surface area contributed by atoms with Gasteiger partial charge in [0.15, 0.2) is 0 Å². The average molecular weight is 245 g/mol. The molecule has 6 nitrogen and oxygen atoms in total. The maximum atomic E-state index is 5.49. The maximum absolute atomic E-state index is 5.49. The fourth-order valence-electron chi connectivity index (χ4n) is 2.26. The molecule has 0 bridgehead atoms. The van der Waals surface area contributed by atoms with Crippen LogP contribution in [-0.4, -0.2) is 33.3 Å². The van der Waals surface area contributed by atoms with Gasteiger partial charge in [-0.3, -0.25) is 0 Å². The Morgan fingerprint density at radius 1 is 1.17 bits per heavy atom. The highest BCUT2D eigenvalue weighted by atomic mass is 16.4. The molecule has 0 aromatic carbocycles. The second kappa shape index (κ2) is 4.72. The number of rotatable bonds is 2. The lowest BCUT2D eigenvalue weighted by atomic mass is 9.97. The zero-order valence-corrected chi connectivity index (χ0v) is 10.3. The number of aromatic nitrogens is 4. The molecule has 3 heterocycles. The lowest BCUT2D eigenvalue weighted by Gasteiger charge is -2.30. The van der Waals surface area contributed by atoms with Gasteiger partial charge in [-0.05, 0) is 18.9 Å². The second-order valence-corrected chi connectivity index (χ2v) is 4.47. The average Bonchev–Trinajstić information content (AvgIpc) is 2.87. The Morgan fingerprint density at radius 3 is 2.50 bits per heavy atom. The van der Waals surface area contributed by atoms with Crippen LogP contribution in [0.2, 0.25) is 0 Å². The van der Waals surface area contributed by atoms with E-state index in [9.17, 15) is 0 Å². The molecule has 0 saturated carbocycles. The van der Waals surface area contributed by atoms with Gasteiger partial charge in [-0.25, -0.2) is 9.97 Å². The number of piperidine rings is 1. The Kier molecular flexibility index (Phi) is 2.92. The van der Waals surface area contributed by atoms with Gasteiger partial charge in [-0.2, -0.15) is 0 Å². The summed E-state index contributed by atoms with van der Waals surface area (Å²) in [7, 11) is 0. The third-order valence-electron chi connectivity index (χ3n) is 3.22. The van der Waals surface area contributed by atoms with Crippen molar-refractivity contribution in [1.29, 1.82) is 0 Å². The minimum absolute atomic E-state index is 0.367. The first-order valence-electron chi connectivity index (χ1n) is 6.15. The quantitative estimate of drug-likeness (QED) is 0.799. The summed E-state index contributed by atoms with van der Waals surface area (Å²) < 4.78 is 5.49. The van der Waals surface area contributed by atoms with E-state index in [4.69, 9.17) is 4.42 Å². The van der Waals surface area contributed by atoms with Gasteiger partial charge in [0, 0.05) is 38.3 Å². The van der Waals surface area contributed by atoms with Crippen LogP contribution in [0.4, 0.5) is 5.95 Å². The molecular weight excluding hydrogens is 230 g/mol. The number of anilines is 1. The molecule has 1 aliphatic rings. The minimum atomic E-state index is 0.367. The summed E-state index contributed by atoms with van der Waals surface area (Å²) in [6.07, 6.45) is 5.55. The standard InChI is InChI=1S/C12H15N5O/c1-9-15-16-11(18-9)10-3-7-17(8-4-10)12-13-5-2-6-14-12/h2,5-6,10H,3-4,7-8H2,1H3. The summed E-state index contributed by atoms with van der Waals surface area (Å²) in [4.78, 5) is 10.7. The fourth-order valence-corrected chi connectivity index (χ4v) is 2.26. The van der Waals surface area contributed by atoms with Crippen molar-refractivity contribution >= 4 is 5.95 Å². The van der Waals surface area contributed by atoms with E-state index in [1.807, 2.05) is 13.0 Å². The van der Waals surface area contributed by atoms with Crippen LogP contribution >= 0.6 is 0 Å². The Bertz CT molecular complexity index is 504. The van der Waals surface area contributed by atoms with Gasteiger partial charge in [-0.1, -0.05) is 0 Å². The van der Waals surface area contributed by atoms with E-state index in [0.29, 0.717) is 11.8 Å². The second-order valence-electron chi connectivity index (χ2n) is 4.47. The predicted molar refractivity (Wildman–Crippen MR) is 65.3 cm³/mol. The predicted octanol–water partition coefficient (Wildman–Crippen LogP) is 1.55. The minimum Gasteiger partial charge on any atom is -0.425 e. The first-order valence-corrected chi connectivity index (χ1v) is 6.15. The Hall–Kier alpha value is -1.98. The van der Waals surface area contributed by atoms with Gasteiger partial charge in [0.1, 0.15) is 0 Å². The highest BCUT2D eigenvalue weighted by molar-refractivity contribution is 5.29. The van der Waals surface area contributed by atoms with Gasteiger partial charge < -0.3 is 9.32 Å². The maximum Gasteiger partial charge on any atom is 0.225 e. The van der Waals surface area contributed by atoms with E-state index in [2.05, 4.69) is 25.1 Å². The summed E-state index contributed by atoms with van der Waals surface area (Å²) in [5.74, 6) is 2.57. The zero-order valence-electron chi connectivity index (χ0n) is 10.3. The van der Waals surface area contributed by atoms with Gasteiger partial charge in [-0.15, -0.1) is 10.2 Å². The molecular formula is C12H15N5O. The summed E-state index contributed by atoms with van der Waals surface area (Å²) in [5, 5.41) is 7.98. The molecule has 1 fully saturated rings. The molecule has 6 heteroatoms. The van der Waals surface area contributed by atoms with Crippen molar-refractivity contribution in [3.8, 4) is 0 Å². The van der Waals surface area contributed by atoms with Crippen molar-refractivity contribution in [2.24, 2.45) is 0 Å². The fraction of sp³-hybridized carbons (Fsp3) is 0.500. The van der Waals surface area contributed by atoms with Gasteiger partial charge in [0.2, 0.25) is 17.7 Å². The van der Waals surface area contributed by atoms with Gasteiger partial charge in [0.05, 0.1) is 0 Å². The van der Waals surface area contributed by atoms with Gasteiger partial charge in [0.25, 0.3) is 0 Å². The smallest absolute Gasteiger partial charge is 0.225 e. The molecule has 2 aromatic rings. The van der Waals surface area contributed by atoms with Crippen molar-refractivity contribution in [3.05, 3.63) is 30.2 Å². The largest absolute Gasteiger partial charge is 0.425 e. The molecule has 1 aliphatic heterocycles. The lowest BCUT2D eigenvalue weighted by Crippen LogP contribution is -2.34. The molecule has 18 heavy (non-hydrogen) atoms. The number of hydrogen-bond donors (Lipinski definition) is 0. The topological polar surface area (TPSA) is 67.9 Å². The van der Waals surface area contributed by atoms with Crippen LogP contribution in [0.3, 0.4) is 0 Å². The van der Waals surface area contributed by atoms with Crippen LogP contribution in [0.5, 0.6) is 0 Å². The molecule has 0 atom stereocenters. The highest BCUT2D eigenvalue weighted by Crippen LogP contribution is 2.28. The third-order valence-corrected chi connectivity index (χ3v) is 3.22. The molecule has 0 aliphatic carbocycles. The normalized spacial score (nSPS) is 17.1. The van der Waals surface area contributed by atoms with E-state index >= 15 is 0 Å². The van der Waals surface area contributed by atoms with Crippen LogP contribution in [0.1, 0.15) is 30.5 Å². The summed E-state index contributed by atoms with van der Waals surface area (Å²) in [6, 6.07) is 1.83. The van der Waals surface area contributed by atoms with Crippen LogP contribution < -0.4 is 4.90 Å². The van der Waals surface area contributed by atoms with E-state index in [-0.39, 0.29) is 0 Å². The van der Waals surface area contributed by atoms with Crippen LogP contribution in [-0.2, 0) is 0 Å². The summed E-state index contributed by atoms with van der Waals surface area (Å²) in [6.45, 7) is 3.68. The van der Waals surface area contributed by atoms with Crippen molar-refractivity contribution in [3.63, 3.8) is 0 Å². The van der Waals surface area contributed by atoms with Crippen molar-refractivity contribution in [1.82, 2.24) is 20.2 Å². The van der Waals surface area contributed by atoms with E-state index in [0.717, 1.165) is 37.8 Å². The van der Waals surface area contributed by atoms with Crippen LogP contribution in [0, 0.1) is 6.92 Å². The van der Waals surface area contributed by atoms with Crippen LogP contribution in [0.25, 0.3) is 0 Å². The zero-order chi connectivity index (χ0) is 12.4. The molecule has 3 rings (SSSR count). The molecule has 2 aromatic heterocycles. The molecule has 0 unspecified atom stereocenters. The monoisotopic (exact) mass is 245 g/mol. The molecule has 1 saturated heterocycles. The lowest BCUT2D eigenvalue weighted by molar-refractivity contribution is 0.381. The van der Waals surface area contributed by atoms with E-state index in [1.54, 1.807) is 12.4 Å². The Labute approximate surface area is 105 Å². The first kappa shape index (κ1) is 11.1. The molecule has 0 spiro atoms. The molecule has 0 amide bonds.